The lowest BCUT2D eigenvalue weighted by molar-refractivity contribution is 0.360. The minimum Gasteiger partial charge on any atom is -0.311 e. The van der Waals surface area contributed by atoms with Crippen LogP contribution in [-0.4, -0.2) is 12.1 Å². The van der Waals surface area contributed by atoms with Crippen molar-refractivity contribution in [2.75, 3.05) is 6.54 Å². The first kappa shape index (κ1) is 11.3. The summed E-state index contributed by atoms with van der Waals surface area (Å²) in [5, 5.41) is 3.72. The van der Waals surface area contributed by atoms with E-state index in [0.717, 1.165) is 5.92 Å². The molecule has 1 heteroatoms. The zero-order valence-corrected chi connectivity index (χ0v) is 10.8. The molecule has 0 spiro atoms. The predicted molar refractivity (Wildman–Crippen MR) is 72.4 cm³/mol. The molecule has 0 amide bonds. The van der Waals surface area contributed by atoms with E-state index < -0.39 is 0 Å². The van der Waals surface area contributed by atoms with E-state index in [0.29, 0.717) is 5.54 Å². The van der Waals surface area contributed by atoms with Crippen LogP contribution in [0.1, 0.15) is 56.1 Å². The van der Waals surface area contributed by atoms with Gasteiger partial charge in [-0.1, -0.05) is 31.2 Å². The maximum absolute atomic E-state index is 3.72. The Bertz CT molecular complexity index is 369. The lowest BCUT2D eigenvalue weighted by atomic mass is 9.86. The fourth-order valence-electron chi connectivity index (χ4n) is 3.16. The van der Waals surface area contributed by atoms with E-state index in [1.54, 1.807) is 5.56 Å². The smallest absolute Gasteiger partial charge is 0.0219 e. The molecule has 1 unspecified atom stereocenters. The Balaban J connectivity index is 1.71. The number of hydrogen-bond acceptors (Lipinski definition) is 1. The van der Waals surface area contributed by atoms with Crippen molar-refractivity contribution < 1.29 is 0 Å². The van der Waals surface area contributed by atoms with Crippen LogP contribution in [-0.2, 0) is 6.42 Å². The predicted octanol–water partition coefficient (Wildman–Crippen LogP) is 3.64. The second kappa shape index (κ2) is 4.45. The van der Waals surface area contributed by atoms with Crippen molar-refractivity contribution >= 4 is 0 Å². The van der Waals surface area contributed by atoms with Crippen molar-refractivity contribution in [2.45, 2.75) is 56.9 Å². The number of benzene rings is 1. The van der Waals surface area contributed by atoms with Crippen molar-refractivity contribution in [2.24, 2.45) is 0 Å². The molecule has 3 rings (SSSR count). The molecule has 1 saturated carbocycles. The summed E-state index contributed by atoms with van der Waals surface area (Å²) in [6.07, 6.45) is 7.94. The van der Waals surface area contributed by atoms with Gasteiger partial charge in [-0.25, -0.2) is 0 Å². The quantitative estimate of drug-likeness (QED) is 0.831. The third-order valence-electron chi connectivity index (χ3n) is 4.58. The molecule has 0 aromatic heterocycles. The molecule has 1 aliphatic carbocycles. The Hall–Kier alpha value is -0.820. The largest absolute Gasteiger partial charge is 0.311 e. The first-order chi connectivity index (χ1) is 8.31. The summed E-state index contributed by atoms with van der Waals surface area (Å²) < 4.78 is 0. The van der Waals surface area contributed by atoms with Gasteiger partial charge in [-0.2, -0.15) is 0 Å². The Morgan fingerprint density at radius 3 is 2.53 bits per heavy atom. The molecule has 1 aromatic carbocycles. The van der Waals surface area contributed by atoms with Crippen molar-refractivity contribution in [3.05, 3.63) is 35.4 Å². The van der Waals surface area contributed by atoms with Crippen molar-refractivity contribution in [1.82, 2.24) is 5.32 Å². The minimum atomic E-state index is 0.390. The van der Waals surface area contributed by atoms with Crippen molar-refractivity contribution in [3.63, 3.8) is 0 Å². The van der Waals surface area contributed by atoms with Gasteiger partial charge in [-0.15, -0.1) is 0 Å². The van der Waals surface area contributed by atoms with E-state index >= 15 is 0 Å². The molecule has 92 valence electrons. The lowest BCUT2D eigenvalue weighted by Gasteiger charge is -2.28. The third kappa shape index (κ3) is 2.40. The van der Waals surface area contributed by atoms with Crippen molar-refractivity contribution in [1.29, 1.82) is 0 Å². The van der Waals surface area contributed by atoms with Gasteiger partial charge in [-0.05, 0) is 62.1 Å². The highest BCUT2D eigenvalue weighted by atomic mass is 15.0. The highest BCUT2D eigenvalue weighted by Gasteiger charge is 2.31. The van der Waals surface area contributed by atoms with Gasteiger partial charge >= 0.3 is 0 Å². The van der Waals surface area contributed by atoms with E-state index in [9.17, 15) is 0 Å². The van der Waals surface area contributed by atoms with E-state index in [-0.39, 0.29) is 0 Å². The summed E-state index contributed by atoms with van der Waals surface area (Å²) in [6.45, 7) is 3.52. The summed E-state index contributed by atoms with van der Waals surface area (Å²) in [4.78, 5) is 0. The van der Waals surface area contributed by atoms with E-state index in [1.807, 2.05) is 0 Å². The average molecular weight is 229 g/mol. The average Bonchev–Trinajstić information content (AvgIpc) is 3.11. The Labute approximate surface area is 105 Å². The van der Waals surface area contributed by atoms with Crippen LogP contribution in [0.25, 0.3) is 0 Å². The molecule has 1 heterocycles. The second-order valence-corrected chi connectivity index (χ2v) is 5.86. The maximum Gasteiger partial charge on any atom is 0.0219 e. The number of hydrogen-bond donors (Lipinski definition) is 1. The van der Waals surface area contributed by atoms with Crippen molar-refractivity contribution in [3.8, 4) is 0 Å². The monoisotopic (exact) mass is 229 g/mol. The molecular formula is C16H23N. The van der Waals surface area contributed by atoms with Gasteiger partial charge in [0.25, 0.3) is 0 Å². The van der Waals surface area contributed by atoms with Gasteiger partial charge in [0.15, 0.2) is 0 Å². The van der Waals surface area contributed by atoms with Gasteiger partial charge in [0, 0.05) is 5.54 Å². The zero-order chi connectivity index (χ0) is 11.7. The molecule has 1 aliphatic heterocycles. The van der Waals surface area contributed by atoms with Crippen LogP contribution in [0.2, 0.25) is 0 Å². The zero-order valence-electron chi connectivity index (χ0n) is 10.8. The van der Waals surface area contributed by atoms with Crippen LogP contribution in [0, 0.1) is 0 Å². The summed E-state index contributed by atoms with van der Waals surface area (Å²) in [7, 11) is 0. The summed E-state index contributed by atoms with van der Waals surface area (Å²) in [5.74, 6) is 0.883. The summed E-state index contributed by atoms with van der Waals surface area (Å²) in [5.41, 5.74) is 3.45. The second-order valence-electron chi connectivity index (χ2n) is 5.86. The number of rotatable bonds is 4. The van der Waals surface area contributed by atoms with Gasteiger partial charge in [0.2, 0.25) is 0 Å². The SMILES string of the molecule is CCC1(Cc2ccc(C3CC3)cc2)CCCN1. The van der Waals surface area contributed by atoms with E-state index in [2.05, 4.69) is 36.5 Å². The molecule has 17 heavy (non-hydrogen) atoms. The van der Waals surface area contributed by atoms with Crippen LogP contribution < -0.4 is 5.32 Å². The first-order valence-electron chi connectivity index (χ1n) is 7.15. The third-order valence-corrected chi connectivity index (χ3v) is 4.58. The summed E-state index contributed by atoms with van der Waals surface area (Å²) >= 11 is 0. The Morgan fingerprint density at radius 2 is 2.00 bits per heavy atom. The summed E-state index contributed by atoms with van der Waals surface area (Å²) in [6, 6.07) is 9.41. The molecule has 1 atom stereocenters. The molecular weight excluding hydrogens is 206 g/mol. The van der Waals surface area contributed by atoms with Crippen LogP contribution in [0.4, 0.5) is 0 Å². The Kier molecular flexibility index (Phi) is 2.96. The fraction of sp³-hybridized carbons (Fsp3) is 0.625. The van der Waals surface area contributed by atoms with Gasteiger partial charge in [0.05, 0.1) is 0 Å². The van der Waals surface area contributed by atoms with E-state index in [4.69, 9.17) is 0 Å². The van der Waals surface area contributed by atoms with E-state index in [1.165, 1.54) is 50.6 Å². The Morgan fingerprint density at radius 1 is 1.24 bits per heavy atom. The number of nitrogens with one attached hydrogen (secondary N) is 1. The molecule has 1 N–H and O–H groups in total. The maximum atomic E-state index is 3.72. The normalized spacial score (nSPS) is 28.5. The van der Waals surface area contributed by atoms with Crippen LogP contribution in [0.3, 0.4) is 0 Å². The molecule has 1 aromatic rings. The van der Waals surface area contributed by atoms with Crippen LogP contribution >= 0.6 is 0 Å². The van der Waals surface area contributed by atoms with Gasteiger partial charge in [0.1, 0.15) is 0 Å². The highest BCUT2D eigenvalue weighted by Crippen LogP contribution is 2.40. The van der Waals surface area contributed by atoms with Crippen LogP contribution in [0.15, 0.2) is 24.3 Å². The first-order valence-corrected chi connectivity index (χ1v) is 7.15. The van der Waals surface area contributed by atoms with Gasteiger partial charge < -0.3 is 5.32 Å². The standard InChI is InChI=1S/C16H23N/c1-2-16(10-3-11-17-16)12-13-4-6-14(7-5-13)15-8-9-15/h4-7,15,17H,2-3,8-12H2,1H3. The molecule has 0 bridgehead atoms. The molecule has 0 radical (unpaired) electrons. The highest BCUT2D eigenvalue weighted by molar-refractivity contribution is 5.29. The molecule has 1 nitrogen and oxygen atoms in total. The molecule has 1 saturated heterocycles. The fourth-order valence-corrected chi connectivity index (χ4v) is 3.16. The lowest BCUT2D eigenvalue weighted by Crippen LogP contribution is -2.41. The molecule has 2 fully saturated rings. The topological polar surface area (TPSA) is 12.0 Å². The molecule has 2 aliphatic rings. The van der Waals surface area contributed by atoms with Crippen LogP contribution in [0.5, 0.6) is 0 Å². The van der Waals surface area contributed by atoms with Gasteiger partial charge in [-0.3, -0.25) is 0 Å². The minimum absolute atomic E-state index is 0.390.